The number of hydrogen-bond donors (Lipinski definition) is 0. The molecule has 5 heteroatoms. The number of esters is 1. The Labute approximate surface area is 252 Å². The third-order valence-electron chi connectivity index (χ3n) is 8.57. The van der Waals surface area contributed by atoms with Gasteiger partial charge in [-0.2, -0.15) is 0 Å². The van der Waals surface area contributed by atoms with Crippen molar-refractivity contribution < 1.29 is 19.1 Å². The molecule has 1 heterocycles. The predicted octanol–water partition coefficient (Wildman–Crippen LogP) is 7.33. The molecule has 43 heavy (non-hydrogen) atoms. The first-order valence-electron chi connectivity index (χ1n) is 14.8. The molecule has 1 aliphatic heterocycles. The van der Waals surface area contributed by atoms with Crippen LogP contribution in [0.15, 0.2) is 115 Å². The van der Waals surface area contributed by atoms with Gasteiger partial charge in [-0.15, -0.1) is 0 Å². The largest absolute Gasteiger partial charge is 0.497 e. The van der Waals surface area contributed by atoms with Crippen molar-refractivity contribution in [1.82, 2.24) is 4.90 Å². The molecular weight excluding hydrogens is 534 g/mol. The molecule has 1 atom stereocenters. The summed E-state index contributed by atoms with van der Waals surface area (Å²) in [7, 11) is 1.62. The third kappa shape index (κ3) is 5.39. The topological polar surface area (TPSA) is 55.8 Å². The first kappa shape index (κ1) is 28.2. The van der Waals surface area contributed by atoms with Gasteiger partial charge < -0.3 is 14.4 Å². The number of benzene rings is 5. The van der Waals surface area contributed by atoms with Crippen molar-refractivity contribution in [2.45, 2.75) is 31.7 Å². The van der Waals surface area contributed by atoms with Gasteiger partial charge >= 0.3 is 5.97 Å². The Hall–Kier alpha value is -4.90. The average Bonchev–Trinajstić information content (AvgIpc) is 3.06. The van der Waals surface area contributed by atoms with Gasteiger partial charge in [0.25, 0.3) is 5.91 Å². The second kappa shape index (κ2) is 12.1. The standard InChI is InChI=1S/C38H35NO4/c1-3-43-36(40)25-38(31-13-5-4-6-14-31,32-19-16-27-10-7-8-11-29(27)24-32)35-15-9-12-30-26-39(23-22-34(30)35)37(41)28-17-20-33(42-2)21-18-28/h4-21,24H,3,22-23,25-26H2,1-2H3. The molecule has 0 saturated heterocycles. The van der Waals surface area contributed by atoms with Crippen molar-refractivity contribution in [2.75, 3.05) is 20.3 Å². The van der Waals surface area contributed by atoms with Gasteiger partial charge in [0.1, 0.15) is 5.75 Å². The van der Waals surface area contributed by atoms with E-state index in [0.29, 0.717) is 31.7 Å². The number of carbonyl (C=O) groups excluding carboxylic acids is 2. The minimum Gasteiger partial charge on any atom is -0.497 e. The van der Waals surface area contributed by atoms with E-state index in [-0.39, 0.29) is 18.3 Å². The summed E-state index contributed by atoms with van der Waals surface area (Å²) in [6, 6.07) is 38.6. The number of ether oxygens (including phenoxy) is 2. The maximum atomic E-state index is 13.5. The number of carbonyl (C=O) groups is 2. The van der Waals surface area contributed by atoms with Crippen LogP contribution in [-0.4, -0.2) is 37.0 Å². The zero-order valence-corrected chi connectivity index (χ0v) is 24.6. The fourth-order valence-electron chi connectivity index (χ4n) is 6.48. The summed E-state index contributed by atoms with van der Waals surface area (Å²) >= 11 is 0. The number of methoxy groups -OCH3 is 1. The Bertz CT molecular complexity index is 1760. The Morgan fingerprint density at radius 3 is 2.28 bits per heavy atom. The lowest BCUT2D eigenvalue weighted by atomic mass is 9.65. The van der Waals surface area contributed by atoms with Gasteiger partial charge in [-0.25, -0.2) is 0 Å². The van der Waals surface area contributed by atoms with Gasteiger partial charge in [-0.1, -0.05) is 84.9 Å². The molecule has 0 aromatic heterocycles. The number of fused-ring (bicyclic) bond motifs is 2. The summed E-state index contributed by atoms with van der Waals surface area (Å²) in [6.45, 7) is 3.24. The Morgan fingerprint density at radius 1 is 0.791 bits per heavy atom. The Morgan fingerprint density at radius 2 is 1.53 bits per heavy atom. The molecule has 5 aromatic carbocycles. The van der Waals surface area contributed by atoms with Crippen LogP contribution in [0.25, 0.3) is 10.8 Å². The van der Waals surface area contributed by atoms with E-state index in [9.17, 15) is 9.59 Å². The van der Waals surface area contributed by atoms with Gasteiger partial charge in [0.15, 0.2) is 0 Å². The van der Waals surface area contributed by atoms with Crippen LogP contribution < -0.4 is 4.74 Å². The van der Waals surface area contributed by atoms with Gasteiger partial charge in [-0.3, -0.25) is 9.59 Å². The van der Waals surface area contributed by atoms with Crippen LogP contribution in [0.1, 0.15) is 51.5 Å². The van der Waals surface area contributed by atoms with E-state index in [0.717, 1.165) is 38.8 Å². The van der Waals surface area contributed by atoms with Gasteiger partial charge in [0.2, 0.25) is 0 Å². The molecule has 0 saturated carbocycles. The van der Waals surface area contributed by atoms with E-state index in [1.807, 2.05) is 66.4 Å². The molecule has 0 fully saturated rings. The lowest BCUT2D eigenvalue weighted by molar-refractivity contribution is -0.144. The first-order chi connectivity index (χ1) is 21.0. The number of amides is 1. The van der Waals surface area contributed by atoms with Crippen LogP contribution in [0, 0.1) is 0 Å². The highest BCUT2D eigenvalue weighted by molar-refractivity contribution is 5.94. The number of hydrogen-bond acceptors (Lipinski definition) is 4. The zero-order valence-electron chi connectivity index (χ0n) is 24.6. The summed E-state index contributed by atoms with van der Waals surface area (Å²) in [5.41, 5.74) is 5.27. The average molecular weight is 570 g/mol. The van der Waals surface area contributed by atoms with Crippen LogP contribution in [-0.2, 0) is 27.9 Å². The van der Waals surface area contributed by atoms with E-state index < -0.39 is 5.41 Å². The quantitative estimate of drug-likeness (QED) is 0.145. The molecule has 0 bridgehead atoms. The maximum Gasteiger partial charge on any atom is 0.307 e. The second-order valence-corrected chi connectivity index (χ2v) is 11.0. The Balaban J connectivity index is 1.49. The molecule has 5 nitrogen and oxygen atoms in total. The first-order valence-corrected chi connectivity index (χ1v) is 14.8. The molecule has 0 radical (unpaired) electrons. The van der Waals surface area contributed by atoms with Crippen LogP contribution in [0.4, 0.5) is 0 Å². The molecule has 0 aliphatic carbocycles. The summed E-state index contributed by atoms with van der Waals surface area (Å²) in [5.74, 6) is 0.469. The number of nitrogens with zero attached hydrogens (tertiary/aromatic N) is 1. The van der Waals surface area contributed by atoms with Crippen LogP contribution >= 0.6 is 0 Å². The summed E-state index contributed by atoms with van der Waals surface area (Å²) in [4.78, 5) is 28.9. The maximum absolute atomic E-state index is 13.5. The van der Waals surface area contributed by atoms with E-state index >= 15 is 0 Å². The fraction of sp³-hybridized carbons (Fsp3) is 0.211. The molecule has 1 unspecified atom stereocenters. The normalized spacial score (nSPS) is 14.0. The van der Waals surface area contributed by atoms with Crippen molar-refractivity contribution in [3.05, 3.63) is 149 Å². The highest BCUT2D eigenvalue weighted by atomic mass is 16.5. The smallest absolute Gasteiger partial charge is 0.307 e. The summed E-state index contributed by atoms with van der Waals surface area (Å²) in [5, 5.41) is 2.26. The third-order valence-corrected chi connectivity index (χ3v) is 8.57. The van der Waals surface area contributed by atoms with Crippen molar-refractivity contribution in [1.29, 1.82) is 0 Å². The monoisotopic (exact) mass is 569 g/mol. The zero-order chi connectivity index (χ0) is 29.8. The van der Waals surface area contributed by atoms with E-state index in [1.165, 1.54) is 5.56 Å². The molecule has 6 rings (SSSR count). The molecular formula is C38H35NO4. The second-order valence-electron chi connectivity index (χ2n) is 11.0. The highest BCUT2D eigenvalue weighted by Gasteiger charge is 2.42. The van der Waals surface area contributed by atoms with E-state index in [1.54, 1.807) is 7.11 Å². The summed E-state index contributed by atoms with van der Waals surface area (Å²) < 4.78 is 10.9. The summed E-state index contributed by atoms with van der Waals surface area (Å²) in [6.07, 6.45) is 0.840. The van der Waals surface area contributed by atoms with Crippen LogP contribution in [0.2, 0.25) is 0 Å². The molecule has 1 aliphatic rings. The van der Waals surface area contributed by atoms with Gasteiger partial charge in [-0.05, 0) is 82.3 Å². The van der Waals surface area contributed by atoms with Crippen molar-refractivity contribution >= 4 is 22.6 Å². The van der Waals surface area contributed by atoms with E-state index in [2.05, 4.69) is 60.7 Å². The van der Waals surface area contributed by atoms with Crippen molar-refractivity contribution in [3.8, 4) is 5.75 Å². The van der Waals surface area contributed by atoms with Crippen molar-refractivity contribution in [2.24, 2.45) is 0 Å². The van der Waals surface area contributed by atoms with E-state index in [4.69, 9.17) is 9.47 Å². The SMILES string of the molecule is CCOC(=O)CC(c1ccccc1)(c1ccc2ccccc2c1)c1cccc2c1CCN(C(=O)c1ccc(OC)cc1)C2. The van der Waals surface area contributed by atoms with Gasteiger partial charge in [0.05, 0.1) is 25.6 Å². The molecule has 216 valence electrons. The molecule has 5 aromatic rings. The minimum absolute atomic E-state index is 0.00548. The molecule has 1 amide bonds. The van der Waals surface area contributed by atoms with Gasteiger partial charge in [0, 0.05) is 18.7 Å². The Kier molecular flexibility index (Phi) is 7.97. The molecule has 0 N–H and O–H groups in total. The fourth-order valence-corrected chi connectivity index (χ4v) is 6.48. The molecule has 0 spiro atoms. The highest BCUT2D eigenvalue weighted by Crippen LogP contribution is 2.46. The lowest BCUT2D eigenvalue weighted by Gasteiger charge is -2.39. The number of rotatable bonds is 8. The lowest BCUT2D eigenvalue weighted by Crippen LogP contribution is -2.39. The van der Waals surface area contributed by atoms with Crippen molar-refractivity contribution in [3.63, 3.8) is 0 Å². The van der Waals surface area contributed by atoms with Crippen LogP contribution in [0.5, 0.6) is 5.75 Å². The minimum atomic E-state index is -0.787. The van der Waals surface area contributed by atoms with Crippen LogP contribution in [0.3, 0.4) is 0 Å². The predicted molar refractivity (Wildman–Crippen MR) is 169 cm³/mol.